The van der Waals surface area contributed by atoms with Crippen LogP contribution in [0.3, 0.4) is 0 Å². The second-order valence-corrected chi connectivity index (χ2v) is 7.79. The maximum atomic E-state index is 12.6. The molecule has 1 amide bonds. The molecule has 0 fully saturated rings. The predicted molar refractivity (Wildman–Crippen MR) is 117 cm³/mol. The van der Waals surface area contributed by atoms with E-state index in [2.05, 4.69) is 29.3 Å². The molecule has 2 aromatic rings. The van der Waals surface area contributed by atoms with Gasteiger partial charge in [0, 0.05) is 32.1 Å². The highest BCUT2D eigenvalue weighted by molar-refractivity contribution is 5.90. The van der Waals surface area contributed by atoms with Gasteiger partial charge in [-0.25, -0.2) is 4.79 Å². The first-order valence-electron chi connectivity index (χ1n) is 10.3. The summed E-state index contributed by atoms with van der Waals surface area (Å²) in [4.78, 5) is 41.3. The number of hydrogen-bond donors (Lipinski definition) is 3. The Balaban J connectivity index is 2.24. The molecular weight excluding hydrogens is 388 g/mol. The van der Waals surface area contributed by atoms with Crippen LogP contribution in [0, 0.1) is 12.8 Å². The van der Waals surface area contributed by atoms with E-state index in [1.807, 2.05) is 6.92 Å². The second kappa shape index (κ2) is 10.7. The SMILES string of the molecule is CCCCn1c(N)c(N(CCC(=O)Nc2cc(C)on2)CCC(C)C)c(=O)[nH]c1=O. The molecule has 30 heavy (non-hydrogen) atoms. The van der Waals surface area contributed by atoms with Crippen LogP contribution in [0.5, 0.6) is 0 Å². The van der Waals surface area contributed by atoms with Crippen LogP contribution in [0.2, 0.25) is 0 Å². The lowest BCUT2D eigenvalue weighted by molar-refractivity contribution is -0.116. The first-order valence-corrected chi connectivity index (χ1v) is 10.3. The monoisotopic (exact) mass is 420 g/mol. The van der Waals surface area contributed by atoms with Gasteiger partial charge in [0.25, 0.3) is 5.56 Å². The van der Waals surface area contributed by atoms with Gasteiger partial charge in [0.05, 0.1) is 0 Å². The third kappa shape index (κ3) is 6.23. The molecule has 0 bridgehead atoms. The van der Waals surface area contributed by atoms with Crippen molar-refractivity contribution in [2.45, 2.75) is 59.9 Å². The van der Waals surface area contributed by atoms with Crippen LogP contribution in [0.1, 0.15) is 52.2 Å². The summed E-state index contributed by atoms with van der Waals surface area (Å²) in [5.41, 5.74) is 5.42. The quantitative estimate of drug-likeness (QED) is 0.506. The van der Waals surface area contributed by atoms with E-state index in [0.717, 1.165) is 19.3 Å². The van der Waals surface area contributed by atoms with E-state index in [0.29, 0.717) is 30.6 Å². The molecule has 4 N–H and O–H groups in total. The van der Waals surface area contributed by atoms with Crippen molar-refractivity contribution in [1.29, 1.82) is 0 Å². The fraction of sp³-hybridized carbons (Fsp3) is 0.600. The van der Waals surface area contributed by atoms with Crippen LogP contribution < -0.4 is 27.2 Å². The van der Waals surface area contributed by atoms with Crippen LogP contribution in [-0.4, -0.2) is 33.7 Å². The summed E-state index contributed by atoms with van der Waals surface area (Å²) in [7, 11) is 0. The Bertz CT molecular complexity index is 959. The van der Waals surface area contributed by atoms with Gasteiger partial charge < -0.3 is 20.5 Å². The molecule has 0 atom stereocenters. The highest BCUT2D eigenvalue weighted by Gasteiger charge is 2.20. The van der Waals surface area contributed by atoms with Crippen LogP contribution in [0.15, 0.2) is 20.2 Å². The zero-order chi connectivity index (χ0) is 22.3. The number of unbranched alkanes of at least 4 members (excludes halogenated alkanes) is 1. The molecule has 0 unspecified atom stereocenters. The second-order valence-electron chi connectivity index (χ2n) is 7.79. The number of amides is 1. The first kappa shape index (κ1) is 23.2. The summed E-state index contributed by atoms with van der Waals surface area (Å²) in [6.45, 7) is 9.13. The van der Waals surface area contributed by atoms with Gasteiger partial charge in [0.15, 0.2) is 5.82 Å². The van der Waals surface area contributed by atoms with Gasteiger partial charge in [-0.2, -0.15) is 0 Å². The Morgan fingerprint density at radius 3 is 2.70 bits per heavy atom. The average molecular weight is 421 g/mol. The molecule has 0 aliphatic heterocycles. The highest BCUT2D eigenvalue weighted by Crippen LogP contribution is 2.19. The van der Waals surface area contributed by atoms with Crippen molar-refractivity contribution in [3.63, 3.8) is 0 Å². The van der Waals surface area contributed by atoms with E-state index in [4.69, 9.17) is 10.3 Å². The fourth-order valence-electron chi connectivity index (χ4n) is 3.04. The minimum absolute atomic E-state index is 0.122. The predicted octanol–water partition coefficient (Wildman–Crippen LogP) is 2.10. The Kier molecular flexibility index (Phi) is 8.25. The largest absolute Gasteiger partial charge is 0.383 e. The number of nitrogens with two attached hydrogens (primary N) is 1. The Hall–Kier alpha value is -3.04. The number of aromatic nitrogens is 3. The fourth-order valence-corrected chi connectivity index (χ4v) is 3.04. The molecule has 2 rings (SSSR count). The van der Waals surface area contributed by atoms with Crippen LogP contribution >= 0.6 is 0 Å². The van der Waals surface area contributed by atoms with E-state index in [1.54, 1.807) is 17.9 Å². The highest BCUT2D eigenvalue weighted by atomic mass is 16.5. The summed E-state index contributed by atoms with van der Waals surface area (Å²) in [5.74, 6) is 1.21. The van der Waals surface area contributed by atoms with Gasteiger partial charge in [-0.1, -0.05) is 32.3 Å². The summed E-state index contributed by atoms with van der Waals surface area (Å²) < 4.78 is 6.33. The third-order valence-electron chi connectivity index (χ3n) is 4.75. The third-order valence-corrected chi connectivity index (χ3v) is 4.75. The number of aromatic amines is 1. The molecule has 10 nitrogen and oxygen atoms in total. The lowest BCUT2D eigenvalue weighted by Crippen LogP contribution is -2.40. The standard InChI is InChI=1S/C20H32N6O4/c1-5-6-9-26-18(21)17(19(28)23-20(26)29)25(10-7-13(2)3)11-8-16(27)22-15-12-14(4)30-24-15/h12-13H,5-11,21H2,1-4H3,(H,22,24,27)(H,23,28,29). The topological polar surface area (TPSA) is 139 Å². The lowest BCUT2D eigenvalue weighted by atomic mass is 10.1. The van der Waals surface area contributed by atoms with Gasteiger partial charge in [-0.3, -0.25) is 19.1 Å². The van der Waals surface area contributed by atoms with Gasteiger partial charge in [0.2, 0.25) is 5.91 Å². The molecule has 2 aromatic heterocycles. The zero-order valence-electron chi connectivity index (χ0n) is 18.2. The van der Waals surface area contributed by atoms with Crippen molar-refractivity contribution < 1.29 is 9.32 Å². The summed E-state index contributed by atoms with van der Waals surface area (Å²) >= 11 is 0. The molecule has 0 aliphatic rings. The number of rotatable bonds is 11. The summed E-state index contributed by atoms with van der Waals surface area (Å²) in [5, 5.41) is 6.41. The maximum Gasteiger partial charge on any atom is 0.330 e. The molecule has 166 valence electrons. The number of carbonyl (C=O) groups excluding carboxylic acids is 1. The van der Waals surface area contributed by atoms with Crippen LogP contribution in [0.4, 0.5) is 17.3 Å². The number of anilines is 3. The molecule has 10 heteroatoms. The van der Waals surface area contributed by atoms with Crippen molar-refractivity contribution in [2.75, 3.05) is 29.0 Å². The molecule has 0 spiro atoms. The Morgan fingerprint density at radius 1 is 1.37 bits per heavy atom. The van der Waals surface area contributed by atoms with Crippen molar-refractivity contribution in [3.05, 3.63) is 32.7 Å². The number of hydrogen-bond acceptors (Lipinski definition) is 7. The van der Waals surface area contributed by atoms with Crippen molar-refractivity contribution >= 4 is 23.2 Å². The number of nitrogen functional groups attached to an aromatic ring is 1. The molecule has 0 radical (unpaired) electrons. The summed E-state index contributed by atoms with van der Waals surface area (Å²) in [6.07, 6.45) is 2.58. The van der Waals surface area contributed by atoms with Crippen LogP contribution in [-0.2, 0) is 11.3 Å². The summed E-state index contributed by atoms with van der Waals surface area (Å²) in [6, 6.07) is 1.63. The minimum atomic E-state index is -0.540. The number of aryl methyl sites for hydroxylation is 1. The van der Waals surface area contributed by atoms with Gasteiger partial charge >= 0.3 is 5.69 Å². The normalized spacial score (nSPS) is 11.1. The molecule has 0 saturated carbocycles. The molecule has 2 heterocycles. The number of nitrogens with one attached hydrogen (secondary N) is 2. The van der Waals surface area contributed by atoms with Gasteiger partial charge in [0.1, 0.15) is 17.3 Å². The Morgan fingerprint density at radius 2 is 2.10 bits per heavy atom. The van der Waals surface area contributed by atoms with E-state index >= 15 is 0 Å². The molecular formula is C20H32N6O4. The zero-order valence-corrected chi connectivity index (χ0v) is 18.2. The van der Waals surface area contributed by atoms with Gasteiger partial charge in [-0.15, -0.1) is 0 Å². The lowest BCUT2D eigenvalue weighted by Gasteiger charge is -2.26. The van der Waals surface area contributed by atoms with Crippen molar-refractivity contribution in [2.24, 2.45) is 5.92 Å². The van der Waals surface area contributed by atoms with Crippen molar-refractivity contribution in [3.8, 4) is 0 Å². The number of nitrogens with zero attached hydrogens (tertiary/aromatic N) is 3. The molecule has 0 aliphatic carbocycles. The van der Waals surface area contributed by atoms with Crippen LogP contribution in [0.25, 0.3) is 0 Å². The smallest absolute Gasteiger partial charge is 0.330 e. The molecule has 0 aromatic carbocycles. The van der Waals surface area contributed by atoms with E-state index in [1.165, 1.54) is 4.57 Å². The minimum Gasteiger partial charge on any atom is -0.383 e. The maximum absolute atomic E-state index is 12.6. The number of carbonyl (C=O) groups is 1. The average Bonchev–Trinajstić information content (AvgIpc) is 3.07. The van der Waals surface area contributed by atoms with Crippen molar-refractivity contribution in [1.82, 2.24) is 14.7 Å². The Labute approximate surface area is 175 Å². The van der Waals surface area contributed by atoms with E-state index in [9.17, 15) is 14.4 Å². The van der Waals surface area contributed by atoms with E-state index in [-0.39, 0.29) is 30.4 Å². The first-order chi connectivity index (χ1) is 14.2. The number of H-pyrrole nitrogens is 1. The molecule has 0 saturated heterocycles. The van der Waals surface area contributed by atoms with E-state index < -0.39 is 11.2 Å². The van der Waals surface area contributed by atoms with Gasteiger partial charge in [-0.05, 0) is 25.7 Å².